The van der Waals surface area contributed by atoms with Gasteiger partial charge in [-0.2, -0.15) is 0 Å². The summed E-state index contributed by atoms with van der Waals surface area (Å²) in [5, 5.41) is 14.7. The molecule has 9 nitrogen and oxygen atoms in total. The van der Waals surface area contributed by atoms with Crippen LogP contribution in [0.2, 0.25) is 0 Å². The van der Waals surface area contributed by atoms with Crippen LogP contribution in [0.25, 0.3) is 27.8 Å². The van der Waals surface area contributed by atoms with Crippen molar-refractivity contribution in [3.05, 3.63) is 71.2 Å². The lowest BCUT2D eigenvalue weighted by Gasteiger charge is -2.28. The van der Waals surface area contributed by atoms with Crippen molar-refractivity contribution in [2.45, 2.75) is 19.9 Å². The van der Waals surface area contributed by atoms with Gasteiger partial charge in [0.1, 0.15) is 17.1 Å². The smallest absolute Gasteiger partial charge is 0.215 e. The highest BCUT2D eigenvalue weighted by molar-refractivity contribution is 6.19. The second-order valence-corrected chi connectivity index (χ2v) is 8.86. The zero-order chi connectivity index (χ0) is 24.3. The highest BCUT2D eigenvalue weighted by Gasteiger charge is 2.28. The number of nitrogens with two attached hydrogens (primary N) is 1. The van der Waals surface area contributed by atoms with Gasteiger partial charge in [-0.25, -0.2) is 4.98 Å². The van der Waals surface area contributed by atoms with Crippen molar-refractivity contribution in [2.24, 2.45) is 0 Å². The first-order chi connectivity index (χ1) is 16.9. The summed E-state index contributed by atoms with van der Waals surface area (Å²) in [5.74, 6) is 0.0732. The number of aryl methyl sites for hydroxylation is 1. The molecule has 1 aliphatic rings. The van der Waals surface area contributed by atoms with Gasteiger partial charge in [0.2, 0.25) is 5.78 Å². The number of para-hydroxylation sites is 1. The number of aromatic nitrogens is 4. The minimum Gasteiger partial charge on any atom is -0.508 e. The number of H-pyrrole nitrogens is 1. The number of nitrogens with one attached hydrogen (secondary N) is 2. The Morgan fingerprint density at radius 2 is 2.00 bits per heavy atom. The van der Waals surface area contributed by atoms with E-state index in [1.807, 2.05) is 31.2 Å². The van der Waals surface area contributed by atoms with E-state index in [1.54, 1.807) is 36.0 Å². The lowest BCUT2D eigenvalue weighted by molar-refractivity contribution is 0.0211. The summed E-state index contributed by atoms with van der Waals surface area (Å²) in [5.41, 5.74) is 12.1. The highest BCUT2D eigenvalue weighted by atomic mass is 16.5. The van der Waals surface area contributed by atoms with Gasteiger partial charge in [-0.05, 0) is 37.6 Å². The van der Waals surface area contributed by atoms with Crippen LogP contribution >= 0.6 is 0 Å². The first-order valence-corrected chi connectivity index (χ1v) is 11.3. The van der Waals surface area contributed by atoms with Gasteiger partial charge in [-0.3, -0.25) is 14.3 Å². The molecule has 2 aromatic carbocycles. The first kappa shape index (κ1) is 21.2. The molecule has 9 heteroatoms. The molecule has 176 valence electrons. The topological polar surface area (TPSA) is 131 Å². The van der Waals surface area contributed by atoms with Crippen molar-refractivity contribution in [2.75, 3.05) is 24.3 Å². The number of carbonyl (C=O) groups excluding carboxylic acids is 1. The zero-order valence-electron chi connectivity index (χ0n) is 19.3. The Morgan fingerprint density at radius 3 is 2.77 bits per heavy atom. The van der Waals surface area contributed by atoms with Crippen LogP contribution in [-0.2, 0) is 4.74 Å². The van der Waals surface area contributed by atoms with E-state index in [9.17, 15) is 9.90 Å². The summed E-state index contributed by atoms with van der Waals surface area (Å²) in [6.07, 6.45) is 3.10. The molecule has 3 aromatic heterocycles. The number of ketones is 1. The number of fused-ring (bicyclic) bond motifs is 2. The van der Waals surface area contributed by atoms with Gasteiger partial charge in [-0.1, -0.05) is 18.2 Å². The molecule has 35 heavy (non-hydrogen) atoms. The number of ether oxygens (including phenoxy) is 1. The maximum absolute atomic E-state index is 13.9. The normalized spacial score (nSPS) is 13.9. The number of carbonyl (C=O) groups is 1. The Bertz CT molecular complexity index is 1630. The van der Waals surface area contributed by atoms with E-state index in [2.05, 4.69) is 20.3 Å². The molecule has 1 aliphatic heterocycles. The van der Waals surface area contributed by atoms with Crippen molar-refractivity contribution in [1.29, 1.82) is 0 Å². The summed E-state index contributed by atoms with van der Waals surface area (Å²) >= 11 is 0. The first-order valence-electron chi connectivity index (χ1n) is 11.3. The molecule has 5 N–H and O–H groups in total. The number of phenolic OH excluding ortho intramolecular Hbond substituents is 1. The Hall–Kier alpha value is -4.37. The van der Waals surface area contributed by atoms with Gasteiger partial charge in [0.15, 0.2) is 5.65 Å². The molecule has 0 atom stereocenters. The summed E-state index contributed by atoms with van der Waals surface area (Å²) in [6, 6.07) is 11.4. The van der Waals surface area contributed by atoms with Crippen LogP contribution in [0.3, 0.4) is 0 Å². The van der Waals surface area contributed by atoms with Gasteiger partial charge >= 0.3 is 0 Å². The second kappa shape index (κ2) is 7.85. The molecule has 0 aliphatic carbocycles. The summed E-state index contributed by atoms with van der Waals surface area (Å²) in [6.45, 7) is 5.04. The van der Waals surface area contributed by atoms with Crippen LogP contribution in [-0.4, -0.2) is 49.7 Å². The third kappa shape index (κ3) is 3.23. The summed E-state index contributed by atoms with van der Waals surface area (Å²) < 4.78 is 6.97. The Balaban J connectivity index is 1.52. The molecule has 5 aromatic rings. The molecule has 0 bridgehead atoms. The van der Waals surface area contributed by atoms with E-state index >= 15 is 0 Å². The van der Waals surface area contributed by atoms with E-state index in [-0.39, 0.29) is 29.0 Å². The van der Waals surface area contributed by atoms with E-state index in [4.69, 9.17) is 10.5 Å². The van der Waals surface area contributed by atoms with Crippen LogP contribution in [0.4, 0.5) is 11.5 Å². The maximum Gasteiger partial charge on any atom is 0.215 e. The highest BCUT2D eigenvalue weighted by Crippen LogP contribution is 2.36. The minimum absolute atomic E-state index is 0.135. The van der Waals surface area contributed by atoms with E-state index in [1.165, 1.54) is 0 Å². The van der Waals surface area contributed by atoms with Gasteiger partial charge in [0, 0.05) is 23.3 Å². The molecule has 0 spiro atoms. The van der Waals surface area contributed by atoms with E-state index < -0.39 is 0 Å². The molecule has 0 radical (unpaired) electrons. The Kier molecular flexibility index (Phi) is 4.75. The minimum atomic E-state index is -0.281. The van der Waals surface area contributed by atoms with Crippen molar-refractivity contribution in [3.63, 3.8) is 0 Å². The van der Waals surface area contributed by atoms with Gasteiger partial charge in [0.05, 0.1) is 47.4 Å². The standard InChI is InChI=1S/C26H24N6O3/c1-13-6-7-19(33)14(2)23(13)32-25(27)20(22-26(32)29-9-8-28-22)24(34)18-10-15-4-3-5-17(21(15)31-18)30-16-11-35-12-16/h3-10,16,30-31,33H,11-12,27H2,1-2H3. The van der Waals surface area contributed by atoms with Gasteiger partial charge < -0.3 is 25.9 Å². The van der Waals surface area contributed by atoms with Crippen molar-refractivity contribution < 1.29 is 14.6 Å². The number of nitrogens with zero attached hydrogens (tertiary/aromatic N) is 3. The molecule has 1 fully saturated rings. The molecule has 0 unspecified atom stereocenters. The Labute approximate surface area is 200 Å². The average Bonchev–Trinajstić information content (AvgIpc) is 3.38. The van der Waals surface area contributed by atoms with Gasteiger partial charge in [0.25, 0.3) is 0 Å². The SMILES string of the molecule is Cc1ccc(O)c(C)c1-n1c(N)c(C(=O)c2cc3cccc(NC4COC4)c3[nH]2)c2nccnc21. The lowest BCUT2D eigenvalue weighted by Crippen LogP contribution is -2.40. The second-order valence-electron chi connectivity index (χ2n) is 8.86. The predicted molar refractivity (Wildman–Crippen MR) is 134 cm³/mol. The molecule has 0 saturated carbocycles. The number of rotatable bonds is 5. The molecule has 0 amide bonds. The van der Waals surface area contributed by atoms with Crippen LogP contribution < -0.4 is 11.1 Å². The predicted octanol–water partition coefficient (Wildman–Crippen LogP) is 3.85. The number of hydrogen-bond donors (Lipinski definition) is 4. The average molecular weight is 469 g/mol. The number of hydrogen-bond acceptors (Lipinski definition) is 7. The third-order valence-electron chi connectivity index (χ3n) is 6.58. The molecular weight excluding hydrogens is 444 g/mol. The Morgan fingerprint density at radius 1 is 1.20 bits per heavy atom. The van der Waals surface area contributed by atoms with Crippen LogP contribution in [0.1, 0.15) is 27.2 Å². The van der Waals surface area contributed by atoms with Crippen molar-refractivity contribution in [3.8, 4) is 11.4 Å². The monoisotopic (exact) mass is 468 g/mol. The van der Waals surface area contributed by atoms with Crippen molar-refractivity contribution >= 4 is 39.4 Å². The molecule has 4 heterocycles. The molecule has 6 rings (SSSR count). The fraction of sp³-hybridized carbons (Fsp3) is 0.192. The van der Waals surface area contributed by atoms with E-state index in [0.29, 0.717) is 41.3 Å². The number of benzene rings is 2. The number of aromatic amines is 1. The largest absolute Gasteiger partial charge is 0.508 e. The zero-order valence-corrected chi connectivity index (χ0v) is 19.3. The summed E-state index contributed by atoms with van der Waals surface area (Å²) in [4.78, 5) is 26.1. The van der Waals surface area contributed by atoms with Crippen molar-refractivity contribution in [1.82, 2.24) is 19.5 Å². The van der Waals surface area contributed by atoms with Crippen LogP contribution in [0.5, 0.6) is 5.75 Å². The third-order valence-corrected chi connectivity index (χ3v) is 6.58. The maximum atomic E-state index is 13.9. The fourth-order valence-electron chi connectivity index (χ4n) is 4.71. The molecule has 1 saturated heterocycles. The summed E-state index contributed by atoms with van der Waals surface area (Å²) in [7, 11) is 0. The molecular formula is C26H24N6O3. The number of aromatic hydroxyl groups is 1. The fourth-order valence-corrected chi connectivity index (χ4v) is 4.71. The number of phenols is 1. The van der Waals surface area contributed by atoms with Crippen LogP contribution in [0.15, 0.2) is 48.8 Å². The van der Waals surface area contributed by atoms with Crippen LogP contribution in [0, 0.1) is 13.8 Å². The number of nitrogen functional groups attached to an aromatic ring is 1. The van der Waals surface area contributed by atoms with E-state index in [0.717, 1.165) is 22.2 Å². The quantitative estimate of drug-likeness (QED) is 0.288. The lowest BCUT2D eigenvalue weighted by atomic mass is 10.1. The van der Waals surface area contributed by atoms with Gasteiger partial charge in [-0.15, -0.1) is 0 Å². The number of anilines is 2.